The summed E-state index contributed by atoms with van der Waals surface area (Å²) in [4.78, 5) is 11.0. The maximum atomic E-state index is 11.0. The molecule has 3 N–H and O–H groups in total. The van der Waals surface area contributed by atoms with E-state index < -0.39 is 18.3 Å². The number of ether oxygens (including phenoxy) is 1. The maximum absolute atomic E-state index is 11.0. The van der Waals surface area contributed by atoms with Gasteiger partial charge in [-0.15, -0.1) is 0 Å². The molecule has 0 aromatic heterocycles. The Morgan fingerprint density at radius 3 is 2.50 bits per heavy atom. The van der Waals surface area contributed by atoms with E-state index in [0.29, 0.717) is 19.3 Å². The van der Waals surface area contributed by atoms with Crippen LogP contribution in [0.3, 0.4) is 0 Å². The summed E-state index contributed by atoms with van der Waals surface area (Å²) in [7, 11) is 1.41. The van der Waals surface area contributed by atoms with Gasteiger partial charge in [-0.3, -0.25) is 4.79 Å². The van der Waals surface area contributed by atoms with E-state index in [1.165, 1.54) is 7.11 Å². The van der Waals surface area contributed by atoms with Crippen LogP contribution in [0.25, 0.3) is 0 Å². The Bertz CT molecular complexity index is 382. The molecule has 5 nitrogen and oxygen atoms in total. The quantitative estimate of drug-likeness (QED) is 0.305. The number of methoxy groups -OCH3 is 1. The fraction of sp³-hybridized carbons (Fsp3) is 0.842. The van der Waals surface area contributed by atoms with Crippen molar-refractivity contribution in [2.75, 3.05) is 7.11 Å². The first-order chi connectivity index (χ1) is 11.5. The molecule has 0 spiro atoms. The van der Waals surface area contributed by atoms with Gasteiger partial charge in [-0.25, -0.2) is 0 Å². The highest BCUT2D eigenvalue weighted by Gasteiger charge is 2.39. The van der Waals surface area contributed by atoms with Crippen LogP contribution in [0, 0.1) is 11.8 Å². The smallest absolute Gasteiger partial charge is 0.305 e. The lowest BCUT2D eigenvalue weighted by Gasteiger charge is -2.21. The number of aliphatic hydroxyl groups is 3. The molecule has 0 heterocycles. The molecule has 0 saturated heterocycles. The van der Waals surface area contributed by atoms with Gasteiger partial charge in [0, 0.05) is 18.8 Å². The van der Waals surface area contributed by atoms with E-state index in [-0.39, 0.29) is 17.8 Å². The van der Waals surface area contributed by atoms with Crippen molar-refractivity contribution < 1.29 is 24.9 Å². The molecule has 1 aliphatic rings. The van der Waals surface area contributed by atoms with E-state index in [4.69, 9.17) is 0 Å². The van der Waals surface area contributed by atoms with E-state index in [1.54, 1.807) is 6.08 Å². The van der Waals surface area contributed by atoms with E-state index >= 15 is 0 Å². The Labute approximate surface area is 145 Å². The Hall–Kier alpha value is -0.910. The summed E-state index contributed by atoms with van der Waals surface area (Å²) in [6, 6.07) is 0. The van der Waals surface area contributed by atoms with Crippen molar-refractivity contribution in [3.8, 4) is 0 Å². The predicted molar refractivity (Wildman–Crippen MR) is 93.4 cm³/mol. The van der Waals surface area contributed by atoms with Gasteiger partial charge >= 0.3 is 5.97 Å². The van der Waals surface area contributed by atoms with Crippen LogP contribution in [0.2, 0.25) is 0 Å². The molecule has 0 bridgehead atoms. The molecule has 0 unspecified atom stereocenters. The molecule has 0 aromatic rings. The van der Waals surface area contributed by atoms with Crippen LogP contribution in [0.1, 0.15) is 64.7 Å². The number of esters is 1. The van der Waals surface area contributed by atoms with Gasteiger partial charge in [0.1, 0.15) is 0 Å². The lowest BCUT2D eigenvalue weighted by molar-refractivity contribution is -0.140. The monoisotopic (exact) mass is 342 g/mol. The molecule has 0 aromatic carbocycles. The minimum absolute atomic E-state index is 0.0652. The Kier molecular flexibility index (Phi) is 10.2. The zero-order valence-corrected chi connectivity index (χ0v) is 15.1. The van der Waals surface area contributed by atoms with Gasteiger partial charge in [0.25, 0.3) is 0 Å². The zero-order chi connectivity index (χ0) is 17.9. The van der Waals surface area contributed by atoms with Crippen LogP contribution in [-0.4, -0.2) is 46.7 Å². The fourth-order valence-corrected chi connectivity index (χ4v) is 3.45. The lowest BCUT2D eigenvalue weighted by atomic mass is 9.88. The van der Waals surface area contributed by atoms with Crippen molar-refractivity contribution in [3.63, 3.8) is 0 Å². The molecular weight excluding hydrogens is 308 g/mol. The van der Waals surface area contributed by atoms with Gasteiger partial charge < -0.3 is 20.1 Å². The second kappa shape index (κ2) is 11.6. The van der Waals surface area contributed by atoms with Crippen LogP contribution in [0.5, 0.6) is 0 Å². The third kappa shape index (κ3) is 7.32. The maximum Gasteiger partial charge on any atom is 0.305 e. The van der Waals surface area contributed by atoms with Gasteiger partial charge in [-0.1, -0.05) is 44.8 Å². The predicted octanol–water partition coefficient (Wildman–Crippen LogP) is 2.58. The molecule has 0 amide bonds. The van der Waals surface area contributed by atoms with Gasteiger partial charge in [-0.2, -0.15) is 0 Å². The number of carbonyl (C=O) groups is 1. The number of hydrogen-bond donors (Lipinski definition) is 3. The Morgan fingerprint density at radius 2 is 1.83 bits per heavy atom. The van der Waals surface area contributed by atoms with Gasteiger partial charge in [0.2, 0.25) is 0 Å². The minimum atomic E-state index is -0.523. The van der Waals surface area contributed by atoms with Crippen LogP contribution < -0.4 is 0 Å². The number of hydrogen-bond acceptors (Lipinski definition) is 5. The lowest BCUT2D eigenvalue weighted by Crippen LogP contribution is -2.21. The van der Waals surface area contributed by atoms with E-state index in [9.17, 15) is 20.1 Å². The summed E-state index contributed by atoms with van der Waals surface area (Å²) in [6.45, 7) is 1.91. The van der Waals surface area contributed by atoms with Crippen molar-refractivity contribution in [2.45, 2.75) is 83.0 Å². The van der Waals surface area contributed by atoms with Crippen molar-refractivity contribution >= 4 is 5.97 Å². The molecule has 1 saturated carbocycles. The number of carbonyl (C=O) groups excluding carboxylic acids is 1. The van der Waals surface area contributed by atoms with E-state index in [1.807, 2.05) is 13.0 Å². The molecule has 1 aliphatic carbocycles. The molecular formula is C19H34O5. The average molecular weight is 342 g/mol. The SMILES string of the molecule is CC[C@H](O)/C=C/[C@@H]1[C@H](CCCCCCCC(=O)OC)[C@@H](O)C[C@H]1O. The number of aliphatic hydroxyl groups excluding tert-OH is 3. The number of unbranched alkanes of at least 4 members (excludes halogenated alkanes) is 4. The Morgan fingerprint density at radius 1 is 1.17 bits per heavy atom. The zero-order valence-electron chi connectivity index (χ0n) is 15.1. The number of rotatable bonds is 11. The van der Waals surface area contributed by atoms with Crippen LogP contribution in [0.15, 0.2) is 12.2 Å². The highest BCUT2D eigenvalue weighted by Crippen LogP contribution is 2.37. The summed E-state index contributed by atoms with van der Waals surface area (Å²) < 4.78 is 4.61. The Balaban J connectivity index is 2.28. The molecule has 140 valence electrons. The van der Waals surface area contributed by atoms with Crippen molar-refractivity contribution in [1.29, 1.82) is 0 Å². The molecule has 1 fully saturated rings. The van der Waals surface area contributed by atoms with Crippen molar-refractivity contribution in [1.82, 2.24) is 0 Å². The summed E-state index contributed by atoms with van der Waals surface area (Å²) in [5.41, 5.74) is 0. The molecule has 0 radical (unpaired) electrons. The van der Waals surface area contributed by atoms with E-state index in [2.05, 4.69) is 4.74 Å². The first-order valence-electron chi connectivity index (χ1n) is 9.28. The summed E-state index contributed by atoms with van der Waals surface area (Å²) in [5.74, 6) is -0.155. The van der Waals surface area contributed by atoms with Crippen molar-refractivity contribution in [3.05, 3.63) is 12.2 Å². The third-order valence-corrected chi connectivity index (χ3v) is 5.04. The summed E-state index contributed by atoms with van der Waals surface area (Å²) in [5, 5.41) is 29.9. The second-order valence-corrected chi connectivity index (χ2v) is 6.85. The topological polar surface area (TPSA) is 87.0 Å². The molecule has 1 rings (SSSR count). The average Bonchev–Trinajstić information content (AvgIpc) is 2.84. The molecule has 24 heavy (non-hydrogen) atoms. The van der Waals surface area contributed by atoms with Crippen molar-refractivity contribution in [2.24, 2.45) is 11.8 Å². The second-order valence-electron chi connectivity index (χ2n) is 6.85. The fourth-order valence-electron chi connectivity index (χ4n) is 3.45. The highest BCUT2D eigenvalue weighted by molar-refractivity contribution is 5.68. The highest BCUT2D eigenvalue weighted by atomic mass is 16.5. The van der Waals surface area contributed by atoms with Crippen LogP contribution >= 0.6 is 0 Å². The summed E-state index contributed by atoms with van der Waals surface area (Å²) >= 11 is 0. The van der Waals surface area contributed by atoms with Crippen LogP contribution in [-0.2, 0) is 9.53 Å². The van der Waals surface area contributed by atoms with Gasteiger partial charge in [0.05, 0.1) is 25.4 Å². The third-order valence-electron chi connectivity index (χ3n) is 5.04. The van der Waals surface area contributed by atoms with E-state index in [0.717, 1.165) is 38.5 Å². The largest absolute Gasteiger partial charge is 0.469 e. The van der Waals surface area contributed by atoms with Gasteiger partial charge in [0.15, 0.2) is 0 Å². The molecule has 5 atom stereocenters. The first kappa shape index (κ1) is 21.1. The van der Waals surface area contributed by atoms with Gasteiger partial charge in [-0.05, 0) is 25.2 Å². The summed E-state index contributed by atoms with van der Waals surface area (Å²) in [6.07, 6.45) is 9.60. The minimum Gasteiger partial charge on any atom is -0.469 e. The molecule has 5 heteroatoms. The standard InChI is InChI=1S/C19H34O5/c1-3-14(20)11-12-16-15(17(21)13-18(16)22)9-7-5-4-6-8-10-19(23)24-2/h11-12,14-18,20-22H,3-10,13H2,1-2H3/b12-11+/t14-,15-,16+,17-,18+/m0/s1. The normalized spacial score (nSPS) is 28.4. The first-order valence-corrected chi connectivity index (χ1v) is 9.28. The van der Waals surface area contributed by atoms with Crippen LogP contribution in [0.4, 0.5) is 0 Å². The molecule has 0 aliphatic heterocycles.